The number of halogens is 1. The fraction of sp³-hybridized carbons (Fsp3) is 0.238. The van der Waals surface area contributed by atoms with Crippen LogP contribution in [0, 0.1) is 5.82 Å². The minimum Gasteiger partial charge on any atom is -0.488 e. The number of ether oxygens (including phenoxy) is 1. The van der Waals surface area contributed by atoms with Gasteiger partial charge in [-0.3, -0.25) is 0 Å². The van der Waals surface area contributed by atoms with Crippen molar-refractivity contribution in [2.75, 3.05) is 18.8 Å². The van der Waals surface area contributed by atoms with Gasteiger partial charge in [-0.05, 0) is 37.1 Å². The number of anilines is 1. The lowest BCUT2D eigenvalue weighted by atomic mass is 10.00. The summed E-state index contributed by atoms with van der Waals surface area (Å²) in [5.74, 6) is 0.600. The number of benzene rings is 2. The van der Waals surface area contributed by atoms with Gasteiger partial charge in [0.1, 0.15) is 17.7 Å². The molecule has 3 aromatic rings. The molecule has 0 aliphatic carbocycles. The van der Waals surface area contributed by atoms with Gasteiger partial charge in [-0.2, -0.15) is 0 Å². The predicted octanol–water partition coefficient (Wildman–Crippen LogP) is 3.66. The standard InChI is InChI=1S/C21H21FN4O/c22-19-10-14(7-8-17(19)15-11-25-21(23)26-12-15)18-5-1-2-6-20(18)27-16-4-3-9-24-13-16/h1-2,5-8,10-12,16,24H,3-4,9,13H2,(H2,23,25,26)/t16-/m1/s1. The Labute approximate surface area is 157 Å². The lowest BCUT2D eigenvalue weighted by Crippen LogP contribution is -2.37. The highest BCUT2D eigenvalue weighted by Gasteiger charge is 2.17. The fourth-order valence-electron chi connectivity index (χ4n) is 3.30. The summed E-state index contributed by atoms with van der Waals surface area (Å²) in [7, 11) is 0. The maximum Gasteiger partial charge on any atom is 0.219 e. The van der Waals surface area contributed by atoms with Crippen molar-refractivity contribution in [2.45, 2.75) is 18.9 Å². The summed E-state index contributed by atoms with van der Waals surface area (Å²) >= 11 is 0. The molecule has 0 radical (unpaired) electrons. The maximum absolute atomic E-state index is 14.8. The number of para-hydroxylation sites is 1. The first kappa shape index (κ1) is 17.4. The summed E-state index contributed by atoms with van der Waals surface area (Å²) in [4.78, 5) is 7.86. The van der Waals surface area contributed by atoms with Crippen molar-refractivity contribution in [1.29, 1.82) is 0 Å². The average Bonchev–Trinajstić information content (AvgIpc) is 2.70. The highest BCUT2D eigenvalue weighted by atomic mass is 19.1. The largest absolute Gasteiger partial charge is 0.488 e. The first-order valence-electron chi connectivity index (χ1n) is 9.05. The molecule has 0 unspecified atom stereocenters. The number of hydrogen-bond donors (Lipinski definition) is 2. The molecule has 138 valence electrons. The van der Waals surface area contributed by atoms with E-state index in [0.717, 1.165) is 42.8 Å². The minimum absolute atomic E-state index is 0.135. The van der Waals surface area contributed by atoms with E-state index in [2.05, 4.69) is 15.3 Å². The van der Waals surface area contributed by atoms with Crippen molar-refractivity contribution < 1.29 is 9.13 Å². The number of aromatic nitrogens is 2. The molecule has 3 N–H and O–H groups in total. The molecule has 1 aromatic heterocycles. The second-order valence-electron chi connectivity index (χ2n) is 6.61. The summed E-state index contributed by atoms with van der Waals surface area (Å²) in [5, 5.41) is 3.35. The second kappa shape index (κ2) is 7.72. The summed E-state index contributed by atoms with van der Waals surface area (Å²) in [6.45, 7) is 1.86. The Kier molecular flexibility index (Phi) is 4.98. The molecule has 1 fully saturated rings. The number of hydrogen-bond acceptors (Lipinski definition) is 5. The normalized spacial score (nSPS) is 16.9. The molecule has 0 saturated carbocycles. The Bertz CT molecular complexity index is 924. The van der Waals surface area contributed by atoms with Gasteiger partial charge in [0.25, 0.3) is 0 Å². The first-order valence-corrected chi connectivity index (χ1v) is 9.05. The molecule has 0 spiro atoms. The lowest BCUT2D eigenvalue weighted by Gasteiger charge is -2.25. The van der Waals surface area contributed by atoms with Crippen LogP contribution in [0.2, 0.25) is 0 Å². The Hall–Kier alpha value is -2.99. The Balaban J connectivity index is 1.64. The first-order chi connectivity index (χ1) is 13.2. The van der Waals surface area contributed by atoms with Crippen LogP contribution in [0.15, 0.2) is 54.9 Å². The van der Waals surface area contributed by atoms with Crippen LogP contribution in [0.3, 0.4) is 0 Å². The molecule has 1 saturated heterocycles. The van der Waals surface area contributed by atoms with Gasteiger partial charge < -0.3 is 15.8 Å². The number of nitrogens with zero attached hydrogens (tertiary/aromatic N) is 2. The Morgan fingerprint density at radius 2 is 1.85 bits per heavy atom. The zero-order chi connectivity index (χ0) is 18.6. The van der Waals surface area contributed by atoms with Crippen LogP contribution in [-0.2, 0) is 0 Å². The minimum atomic E-state index is -0.338. The molecule has 1 aliphatic heterocycles. The van der Waals surface area contributed by atoms with E-state index < -0.39 is 0 Å². The summed E-state index contributed by atoms with van der Waals surface area (Å²) in [6, 6.07) is 12.9. The maximum atomic E-state index is 14.8. The zero-order valence-electron chi connectivity index (χ0n) is 14.9. The number of rotatable bonds is 4. The van der Waals surface area contributed by atoms with Gasteiger partial charge in [-0.25, -0.2) is 14.4 Å². The molecule has 4 rings (SSSR count). The molecule has 2 heterocycles. The van der Waals surface area contributed by atoms with E-state index in [1.54, 1.807) is 6.07 Å². The molecule has 5 nitrogen and oxygen atoms in total. The average molecular weight is 364 g/mol. The molecule has 6 heteroatoms. The molecular weight excluding hydrogens is 343 g/mol. The van der Waals surface area contributed by atoms with E-state index in [1.165, 1.54) is 18.5 Å². The number of nitrogens with one attached hydrogen (secondary N) is 1. The lowest BCUT2D eigenvalue weighted by molar-refractivity contribution is 0.168. The third-order valence-corrected chi connectivity index (χ3v) is 4.70. The fourth-order valence-corrected chi connectivity index (χ4v) is 3.30. The predicted molar refractivity (Wildman–Crippen MR) is 104 cm³/mol. The monoisotopic (exact) mass is 364 g/mol. The highest BCUT2D eigenvalue weighted by Crippen LogP contribution is 2.34. The molecular formula is C21H21FN4O. The third kappa shape index (κ3) is 3.90. The van der Waals surface area contributed by atoms with Crippen LogP contribution in [-0.4, -0.2) is 29.2 Å². The zero-order valence-corrected chi connectivity index (χ0v) is 14.9. The summed E-state index contributed by atoms with van der Waals surface area (Å²) in [5.41, 5.74) is 8.18. The van der Waals surface area contributed by atoms with Crippen LogP contribution >= 0.6 is 0 Å². The molecule has 2 aromatic carbocycles. The van der Waals surface area contributed by atoms with Crippen LogP contribution in [0.25, 0.3) is 22.3 Å². The van der Waals surface area contributed by atoms with E-state index in [4.69, 9.17) is 10.5 Å². The smallest absolute Gasteiger partial charge is 0.219 e. The Morgan fingerprint density at radius 1 is 1.04 bits per heavy atom. The van der Waals surface area contributed by atoms with E-state index in [-0.39, 0.29) is 17.9 Å². The van der Waals surface area contributed by atoms with E-state index in [1.807, 2.05) is 30.3 Å². The Morgan fingerprint density at radius 3 is 2.59 bits per heavy atom. The van der Waals surface area contributed by atoms with E-state index in [0.29, 0.717) is 11.1 Å². The highest BCUT2D eigenvalue weighted by molar-refractivity contribution is 5.74. The quantitative estimate of drug-likeness (QED) is 0.739. The third-order valence-electron chi connectivity index (χ3n) is 4.70. The van der Waals surface area contributed by atoms with Crippen LogP contribution in [0.4, 0.5) is 10.3 Å². The van der Waals surface area contributed by atoms with Gasteiger partial charge in [0.05, 0.1) is 0 Å². The van der Waals surface area contributed by atoms with Crippen LogP contribution in [0.5, 0.6) is 5.75 Å². The van der Waals surface area contributed by atoms with Crippen molar-refractivity contribution >= 4 is 5.95 Å². The topological polar surface area (TPSA) is 73.1 Å². The van der Waals surface area contributed by atoms with E-state index in [9.17, 15) is 4.39 Å². The van der Waals surface area contributed by atoms with Gasteiger partial charge in [0.15, 0.2) is 0 Å². The van der Waals surface area contributed by atoms with E-state index >= 15 is 0 Å². The van der Waals surface area contributed by atoms with Gasteiger partial charge in [-0.15, -0.1) is 0 Å². The SMILES string of the molecule is Nc1ncc(-c2ccc(-c3ccccc3O[C@@H]3CCCNC3)cc2F)cn1. The second-order valence-corrected chi connectivity index (χ2v) is 6.61. The number of nitrogens with two attached hydrogens (primary N) is 1. The van der Waals surface area contributed by atoms with Crippen molar-refractivity contribution in [3.8, 4) is 28.0 Å². The van der Waals surface area contributed by atoms with Crippen molar-refractivity contribution in [1.82, 2.24) is 15.3 Å². The number of nitrogen functional groups attached to an aromatic ring is 1. The molecule has 0 bridgehead atoms. The van der Waals surface area contributed by atoms with Crippen LogP contribution in [0.1, 0.15) is 12.8 Å². The summed E-state index contributed by atoms with van der Waals surface area (Å²) in [6.07, 6.45) is 5.29. The number of piperidine rings is 1. The van der Waals surface area contributed by atoms with Gasteiger partial charge in [-0.1, -0.05) is 30.3 Å². The molecule has 0 amide bonds. The van der Waals surface area contributed by atoms with Crippen molar-refractivity contribution in [3.05, 3.63) is 60.7 Å². The summed E-state index contributed by atoms with van der Waals surface area (Å²) < 4.78 is 21.0. The van der Waals surface area contributed by atoms with Crippen molar-refractivity contribution in [3.63, 3.8) is 0 Å². The molecule has 1 atom stereocenters. The van der Waals surface area contributed by atoms with Gasteiger partial charge in [0, 0.05) is 35.6 Å². The molecule has 27 heavy (non-hydrogen) atoms. The van der Waals surface area contributed by atoms with Crippen molar-refractivity contribution in [2.24, 2.45) is 0 Å². The van der Waals surface area contributed by atoms with Gasteiger partial charge in [0.2, 0.25) is 5.95 Å². The van der Waals surface area contributed by atoms with Gasteiger partial charge >= 0.3 is 0 Å². The van der Waals surface area contributed by atoms with Crippen LogP contribution < -0.4 is 15.8 Å². The molecule has 1 aliphatic rings.